The molecule has 0 spiro atoms. The first-order chi connectivity index (χ1) is 10.3. The molecule has 0 bridgehead atoms. The van der Waals surface area contributed by atoms with E-state index in [-0.39, 0.29) is 0 Å². The molecule has 0 amide bonds. The Morgan fingerprint density at radius 1 is 0.905 bits per heavy atom. The molecule has 0 aromatic heterocycles. The van der Waals surface area contributed by atoms with Crippen molar-refractivity contribution in [3.05, 3.63) is 83.1 Å². The van der Waals surface area contributed by atoms with Gasteiger partial charge in [0.15, 0.2) is 8.96 Å². The van der Waals surface area contributed by atoms with Crippen molar-refractivity contribution in [1.29, 1.82) is 0 Å². The Morgan fingerprint density at radius 3 is 2.29 bits per heavy atom. The molecule has 0 saturated heterocycles. The number of allylic oxidation sites excluding steroid dienone is 4. The molecule has 1 nitrogen and oxygen atoms in total. The van der Waals surface area contributed by atoms with E-state index in [1.54, 1.807) is 5.20 Å². The minimum absolute atomic E-state index is 1.09. The van der Waals surface area contributed by atoms with Crippen LogP contribution in [0, 0.1) is 6.92 Å². The van der Waals surface area contributed by atoms with E-state index in [1.165, 1.54) is 22.0 Å². The number of nitrogens with one attached hydrogen (secondary N) is 1. The summed E-state index contributed by atoms with van der Waals surface area (Å²) in [4.78, 5) is 3.85. The van der Waals surface area contributed by atoms with Crippen LogP contribution in [0.25, 0.3) is 0 Å². The standard InChI is InChI=1S/C19H21NSi/c1-15-9-6-7-13-18(15)21(19-14-8-10-16(19)2)20-17-11-4-3-5-12-17/h3-13,20-21H,14H2,1-2H3. The third-order valence-electron chi connectivity index (χ3n) is 4.14. The highest BCUT2D eigenvalue weighted by molar-refractivity contribution is 6.83. The monoisotopic (exact) mass is 291 g/mol. The molecule has 1 atom stereocenters. The van der Waals surface area contributed by atoms with Gasteiger partial charge in [0.1, 0.15) is 0 Å². The number of rotatable bonds is 4. The lowest BCUT2D eigenvalue weighted by atomic mass is 10.2. The van der Waals surface area contributed by atoms with E-state index in [2.05, 4.69) is 85.6 Å². The number of para-hydroxylation sites is 1. The van der Waals surface area contributed by atoms with Gasteiger partial charge in [0, 0.05) is 5.69 Å². The lowest BCUT2D eigenvalue weighted by Crippen LogP contribution is -2.42. The fourth-order valence-electron chi connectivity index (χ4n) is 2.94. The maximum Gasteiger partial charge on any atom is 0.198 e. The van der Waals surface area contributed by atoms with E-state index >= 15 is 0 Å². The zero-order chi connectivity index (χ0) is 14.7. The van der Waals surface area contributed by atoms with Gasteiger partial charge in [-0.15, -0.1) is 0 Å². The van der Waals surface area contributed by atoms with Crippen molar-refractivity contribution >= 4 is 19.8 Å². The molecule has 1 aliphatic rings. The smallest absolute Gasteiger partial charge is 0.198 e. The molecule has 1 N–H and O–H groups in total. The summed E-state index contributed by atoms with van der Waals surface area (Å²) in [5.41, 5.74) is 4.06. The fraction of sp³-hybridized carbons (Fsp3) is 0.158. The van der Waals surface area contributed by atoms with Crippen molar-refractivity contribution < 1.29 is 0 Å². The molecule has 0 aliphatic heterocycles. The van der Waals surface area contributed by atoms with Gasteiger partial charge in [0.25, 0.3) is 0 Å². The number of hydrogen-bond donors (Lipinski definition) is 1. The van der Waals surface area contributed by atoms with E-state index < -0.39 is 8.96 Å². The zero-order valence-electron chi connectivity index (χ0n) is 12.6. The minimum Gasteiger partial charge on any atom is -0.406 e. The maximum absolute atomic E-state index is 3.85. The zero-order valence-corrected chi connectivity index (χ0v) is 13.8. The number of benzene rings is 2. The van der Waals surface area contributed by atoms with Crippen molar-refractivity contribution in [2.24, 2.45) is 0 Å². The van der Waals surface area contributed by atoms with Crippen molar-refractivity contribution in [3.8, 4) is 0 Å². The lowest BCUT2D eigenvalue weighted by Gasteiger charge is -2.23. The van der Waals surface area contributed by atoms with Gasteiger partial charge in [-0.1, -0.05) is 65.4 Å². The summed E-state index contributed by atoms with van der Waals surface area (Å²) in [5, 5.41) is 3.10. The first-order valence-electron chi connectivity index (χ1n) is 7.49. The maximum atomic E-state index is 3.85. The lowest BCUT2D eigenvalue weighted by molar-refractivity contribution is 1.34. The van der Waals surface area contributed by atoms with Crippen LogP contribution in [0.1, 0.15) is 18.9 Å². The molecule has 21 heavy (non-hydrogen) atoms. The molecule has 3 rings (SSSR count). The predicted molar refractivity (Wildman–Crippen MR) is 94.5 cm³/mol. The van der Waals surface area contributed by atoms with Crippen molar-refractivity contribution in [3.63, 3.8) is 0 Å². The number of anilines is 1. The van der Waals surface area contributed by atoms with Gasteiger partial charge in [-0.05, 0) is 43.2 Å². The molecular formula is C19H21NSi. The normalized spacial score (nSPS) is 15.3. The van der Waals surface area contributed by atoms with Crippen LogP contribution >= 0.6 is 0 Å². The first kappa shape index (κ1) is 13.9. The van der Waals surface area contributed by atoms with Gasteiger partial charge in [0.05, 0.1) is 0 Å². The van der Waals surface area contributed by atoms with E-state index in [1.807, 2.05) is 0 Å². The van der Waals surface area contributed by atoms with Crippen LogP contribution in [0.3, 0.4) is 0 Å². The highest BCUT2D eigenvalue weighted by Crippen LogP contribution is 2.22. The van der Waals surface area contributed by atoms with E-state index in [9.17, 15) is 0 Å². The van der Waals surface area contributed by atoms with Crippen molar-refractivity contribution in [1.82, 2.24) is 0 Å². The second-order valence-corrected chi connectivity index (χ2v) is 8.09. The fourth-order valence-corrected chi connectivity index (χ4v) is 5.95. The molecule has 2 aromatic carbocycles. The number of aryl methyl sites for hydroxylation is 1. The topological polar surface area (TPSA) is 12.0 Å². The Balaban J connectivity index is 2.00. The van der Waals surface area contributed by atoms with Gasteiger partial charge in [-0.2, -0.15) is 0 Å². The SMILES string of the molecule is CC1=C([SiH](Nc2ccccc2)c2ccccc2C)CC=C1. The molecule has 1 unspecified atom stereocenters. The molecule has 0 radical (unpaired) electrons. The van der Waals surface area contributed by atoms with Gasteiger partial charge in [-0.3, -0.25) is 0 Å². The quantitative estimate of drug-likeness (QED) is 0.844. The van der Waals surface area contributed by atoms with Gasteiger partial charge < -0.3 is 4.98 Å². The summed E-state index contributed by atoms with van der Waals surface area (Å²) >= 11 is 0. The molecule has 106 valence electrons. The van der Waals surface area contributed by atoms with Crippen LogP contribution in [0.15, 0.2) is 77.5 Å². The second kappa shape index (κ2) is 6.14. The Hall–Kier alpha value is -2.06. The number of hydrogen-bond acceptors (Lipinski definition) is 1. The predicted octanol–water partition coefficient (Wildman–Crippen LogP) is 3.85. The van der Waals surface area contributed by atoms with E-state index in [0.29, 0.717) is 0 Å². The third-order valence-corrected chi connectivity index (χ3v) is 7.42. The minimum atomic E-state index is -1.40. The summed E-state index contributed by atoms with van der Waals surface area (Å²) in [5.74, 6) is 0. The second-order valence-electron chi connectivity index (χ2n) is 5.61. The molecule has 2 aromatic rings. The Labute approximate surface area is 128 Å². The Bertz CT molecular complexity index is 686. The van der Waals surface area contributed by atoms with Gasteiger partial charge in [0.2, 0.25) is 0 Å². The van der Waals surface area contributed by atoms with Crippen LogP contribution in [-0.2, 0) is 0 Å². The summed E-state index contributed by atoms with van der Waals surface area (Å²) in [6.07, 6.45) is 5.65. The molecule has 2 heteroatoms. The molecule has 1 aliphatic carbocycles. The van der Waals surface area contributed by atoms with Crippen LogP contribution in [0.4, 0.5) is 5.69 Å². The van der Waals surface area contributed by atoms with Crippen LogP contribution in [-0.4, -0.2) is 8.96 Å². The molecule has 0 heterocycles. The third kappa shape index (κ3) is 3.00. The summed E-state index contributed by atoms with van der Waals surface area (Å²) < 4.78 is 0. The largest absolute Gasteiger partial charge is 0.406 e. The van der Waals surface area contributed by atoms with Gasteiger partial charge >= 0.3 is 0 Å². The average molecular weight is 291 g/mol. The highest BCUT2D eigenvalue weighted by atomic mass is 28.3. The van der Waals surface area contributed by atoms with Gasteiger partial charge in [-0.25, -0.2) is 0 Å². The van der Waals surface area contributed by atoms with Crippen molar-refractivity contribution in [2.45, 2.75) is 20.3 Å². The Morgan fingerprint density at radius 2 is 1.62 bits per heavy atom. The average Bonchev–Trinajstić information content (AvgIpc) is 2.93. The summed E-state index contributed by atoms with van der Waals surface area (Å²) in [6, 6.07) is 19.4. The first-order valence-corrected chi connectivity index (χ1v) is 9.22. The molecule has 0 saturated carbocycles. The van der Waals surface area contributed by atoms with Crippen LogP contribution in [0.5, 0.6) is 0 Å². The van der Waals surface area contributed by atoms with E-state index in [0.717, 1.165) is 6.42 Å². The summed E-state index contributed by atoms with van der Waals surface area (Å²) in [6.45, 7) is 4.46. The van der Waals surface area contributed by atoms with E-state index in [4.69, 9.17) is 0 Å². The van der Waals surface area contributed by atoms with Crippen molar-refractivity contribution in [2.75, 3.05) is 4.98 Å². The molecular weight excluding hydrogens is 270 g/mol. The van der Waals surface area contributed by atoms with Crippen LogP contribution < -0.4 is 10.2 Å². The Kier molecular flexibility index (Phi) is 4.07. The van der Waals surface area contributed by atoms with Crippen LogP contribution in [0.2, 0.25) is 0 Å². The summed E-state index contributed by atoms with van der Waals surface area (Å²) in [7, 11) is -1.40. The molecule has 0 fully saturated rings. The highest BCUT2D eigenvalue weighted by Gasteiger charge is 2.23.